The third-order valence-corrected chi connectivity index (χ3v) is 8.96. The number of esters is 4. The van der Waals surface area contributed by atoms with Crippen LogP contribution >= 0.6 is 32.2 Å². The van der Waals surface area contributed by atoms with Crippen molar-refractivity contribution in [3.05, 3.63) is 0 Å². The molecule has 0 aromatic rings. The summed E-state index contributed by atoms with van der Waals surface area (Å²) in [6, 6.07) is -1.31. The standard InChI is InChI=1S/C10H18BrNO3.C10H19NO4.C10H21NO2.C8H15NO3.C6H13NO2.C2H3BrO2/c1-10(2,3)15-9(14)5-7(12-4)8(13)6-11;1-5-11-7(9(13)14)6-8(12)15-10(2,3)4;1-6-11-8(2)7-9(12)13-10(3,4)5;1-3-8(11)6(9-4-2)5-7(10)12-8;1-3-7-5(2)4-6(8)9;1-2(4)5-3/h7,12H,5-6H2,1-4H3;7,11H,5-6H2,1-4H3,(H,13,14);8,11H,6-7H2,1-5H3;6,9,11H,3-5H2,1-2H3;5,7H,3-4H2,1-2H3,(H,8,9);1H3. The number of aliphatic carboxylic acids is 2. The van der Waals surface area contributed by atoms with Crippen LogP contribution in [0.25, 0.3) is 0 Å². The van der Waals surface area contributed by atoms with Crippen LogP contribution in [0.4, 0.5) is 0 Å². The van der Waals surface area contributed by atoms with Crippen molar-refractivity contribution in [2.75, 3.05) is 38.6 Å². The summed E-state index contributed by atoms with van der Waals surface area (Å²) in [7, 11) is 1.65. The van der Waals surface area contributed by atoms with Gasteiger partial charge in [0.2, 0.25) is 5.79 Å². The van der Waals surface area contributed by atoms with Crippen LogP contribution in [-0.2, 0) is 61.1 Å². The third kappa shape index (κ3) is 49.5. The highest BCUT2D eigenvalue weighted by Crippen LogP contribution is 2.27. The second kappa shape index (κ2) is 40.3. The summed E-state index contributed by atoms with van der Waals surface area (Å²) >= 11 is 5.53. The van der Waals surface area contributed by atoms with Gasteiger partial charge in [-0.1, -0.05) is 50.5 Å². The second-order valence-electron chi connectivity index (χ2n) is 18.3. The Kier molecular flexibility index (Phi) is 43.6. The number of ether oxygens (including phenoxy) is 4. The maximum Gasteiger partial charge on any atom is 0.321 e. The molecule has 1 aliphatic heterocycles. The first-order valence-electron chi connectivity index (χ1n) is 23.0. The first-order chi connectivity index (χ1) is 31.5. The van der Waals surface area contributed by atoms with Gasteiger partial charge in [0, 0.05) is 25.4 Å². The van der Waals surface area contributed by atoms with E-state index in [0.717, 1.165) is 19.6 Å². The highest BCUT2D eigenvalue weighted by molar-refractivity contribution is 9.09. The first-order valence-corrected chi connectivity index (χ1v) is 24.8. The number of cyclic esters (lactones) is 1. The Morgan fingerprint density at radius 3 is 1.36 bits per heavy atom. The molecule has 408 valence electrons. The number of likely N-dealkylation sites (N-methyl/N-ethyl adjacent to an activating group) is 3. The Hall–Kier alpha value is -3.32. The second-order valence-corrected chi connectivity index (χ2v) is 19.2. The minimum atomic E-state index is -1.28. The molecule has 6 atom stereocenters. The zero-order valence-corrected chi connectivity index (χ0v) is 47.7. The van der Waals surface area contributed by atoms with Gasteiger partial charge < -0.3 is 64.7 Å². The fourth-order valence-corrected chi connectivity index (χ4v) is 5.62. The number of carbonyl (C=O) groups is 8. The Morgan fingerprint density at radius 1 is 0.696 bits per heavy atom. The van der Waals surface area contributed by atoms with E-state index in [4.69, 9.17) is 29.2 Å². The number of carboxylic acid groups (broad SMARTS) is 2. The van der Waals surface area contributed by atoms with Crippen molar-refractivity contribution in [2.24, 2.45) is 0 Å². The number of alkyl halides is 1. The normalized spacial score (nSPS) is 16.8. The van der Waals surface area contributed by atoms with Gasteiger partial charge in [-0.25, -0.2) is 0 Å². The minimum absolute atomic E-state index is 0.0524. The lowest BCUT2D eigenvalue weighted by Crippen LogP contribution is -2.47. The zero-order valence-electron chi connectivity index (χ0n) is 44.6. The van der Waals surface area contributed by atoms with Gasteiger partial charge in [-0.05, 0) is 109 Å². The number of nitrogens with one attached hydrogen (secondary N) is 5. The SMILES string of the molecule is CC(=O)OBr.CCNC(C)CC(=O)O.CCNC(C)CC(=O)OC(C)(C)C.CCNC(CC(=O)OC(C)(C)C)C(=O)O.CCNC1CC(=O)OC1(O)CC.CNC(CC(=O)OC(C)(C)C)C(=O)CBr. The molecule has 0 radical (unpaired) electrons. The summed E-state index contributed by atoms with van der Waals surface area (Å²) < 4.78 is 24.1. The van der Waals surface area contributed by atoms with Crippen LogP contribution in [0.15, 0.2) is 0 Å². The van der Waals surface area contributed by atoms with E-state index in [0.29, 0.717) is 19.4 Å². The van der Waals surface area contributed by atoms with E-state index >= 15 is 0 Å². The number of aliphatic hydroxyl groups is 1. The summed E-state index contributed by atoms with van der Waals surface area (Å²) in [4.78, 5) is 86.5. The van der Waals surface area contributed by atoms with E-state index in [2.05, 4.69) is 62.6 Å². The van der Waals surface area contributed by atoms with E-state index < -0.39 is 47.0 Å². The highest BCUT2D eigenvalue weighted by Gasteiger charge is 2.46. The van der Waals surface area contributed by atoms with E-state index in [1.165, 1.54) is 6.92 Å². The van der Waals surface area contributed by atoms with Gasteiger partial charge in [0.05, 0.1) is 49.5 Å². The number of rotatable bonds is 21. The van der Waals surface area contributed by atoms with Crippen molar-refractivity contribution >= 4 is 79.8 Å². The molecule has 0 bridgehead atoms. The maximum atomic E-state index is 11.4. The van der Waals surface area contributed by atoms with Crippen molar-refractivity contribution in [1.82, 2.24) is 26.6 Å². The Labute approximate surface area is 428 Å². The average Bonchev–Trinajstić information content (AvgIpc) is 3.47. The summed E-state index contributed by atoms with van der Waals surface area (Å²) in [6.45, 7) is 33.8. The molecule has 23 heteroatoms. The van der Waals surface area contributed by atoms with Crippen LogP contribution in [-0.4, -0.2) is 154 Å². The van der Waals surface area contributed by atoms with Crippen molar-refractivity contribution in [1.29, 1.82) is 0 Å². The van der Waals surface area contributed by atoms with Crippen molar-refractivity contribution in [3.8, 4) is 0 Å². The number of ketones is 1. The minimum Gasteiger partial charge on any atom is -0.481 e. The van der Waals surface area contributed by atoms with Gasteiger partial charge >= 0.3 is 41.8 Å². The van der Waals surface area contributed by atoms with Crippen molar-refractivity contribution in [3.63, 3.8) is 0 Å². The fraction of sp³-hybridized carbons (Fsp3) is 0.826. The number of carbonyl (C=O) groups excluding carboxylic acids is 6. The lowest BCUT2D eigenvalue weighted by molar-refractivity contribution is -0.195. The predicted molar refractivity (Wildman–Crippen MR) is 271 cm³/mol. The predicted octanol–water partition coefficient (Wildman–Crippen LogP) is 5.10. The number of hydrogen-bond acceptors (Lipinski definition) is 19. The molecule has 0 aromatic heterocycles. The molecular weight excluding hydrogens is 1040 g/mol. The van der Waals surface area contributed by atoms with E-state index in [1.54, 1.807) is 62.4 Å². The van der Waals surface area contributed by atoms with Crippen LogP contribution in [0.3, 0.4) is 0 Å². The van der Waals surface area contributed by atoms with Crippen molar-refractivity contribution in [2.45, 2.75) is 209 Å². The summed E-state index contributed by atoms with van der Waals surface area (Å²) in [5, 5.41) is 41.7. The van der Waals surface area contributed by atoms with E-state index in [-0.39, 0.29) is 84.4 Å². The number of Topliss-reactive ketones (excluding diaryl/α,β-unsaturated/α-hetero) is 1. The van der Waals surface area contributed by atoms with Gasteiger partial charge in [0.25, 0.3) is 0 Å². The smallest absolute Gasteiger partial charge is 0.321 e. The van der Waals surface area contributed by atoms with Gasteiger partial charge in [-0.2, -0.15) is 0 Å². The molecule has 0 aromatic carbocycles. The first kappa shape index (κ1) is 74.6. The summed E-state index contributed by atoms with van der Waals surface area (Å²) in [6.07, 6.45) is 1.24. The number of hydrogen-bond donors (Lipinski definition) is 8. The quantitative estimate of drug-likeness (QED) is 0.0421. The van der Waals surface area contributed by atoms with E-state index in [1.807, 2.05) is 55.4 Å². The number of carboxylic acids is 2. The molecule has 1 fully saturated rings. The lowest BCUT2D eigenvalue weighted by Gasteiger charge is -2.26. The molecular formula is C46H89Br2N5O16. The maximum absolute atomic E-state index is 11.4. The van der Waals surface area contributed by atoms with Gasteiger partial charge in [-0.15, -0.1) is 0 Å². The monoisotopic (exact) mass is 1130 g/mol. The largest absolute Gasteiger partial charge is 0.481 e. The molecule has 0 amide bonds. The molecule has 8 N–H and O–H groups in total. The van der Waals surface area contributed by atoms with Crippen LogP contribution < -0.4 is 26.6 Å². The van der Waals surface area contributed by atoms with Gasteiger partial charge in [0.1, 0.15) is 22.8 Å². The summed E-state index contributed by atoms with van der Waals surface area (Å²) in [5.41, 5.74) is -1.46. The molecule has 69 heavy (non-hydrogen) atoms. The molecule has 6 unspecified atom stereocenters. The molecule has 0 spiro atoms. The Balaban J connectivity index is -0.000000243. The zero-order chi connectivity index (χ0) is 55.4. The number of halogens is 2. The lowest BCUT2D eigenvalue weighted by atomic mass is 10.0. The average molecular weight is 1130 g/mol. The van der Waals surface area contributed by atoms with Crippen LogP contribution in [0.1, 0.15) is 156 Å². The summed E-state index contributed by atoms with van der Waals surface area (Å²) in [5.74, 6) is -4.79. The van der Waals surface area contributed by atoms with Crippen LogP contribution in [0, 0.1) is 0 Å². The third-order valence-electron chi connectivity index (χ3n) is 7.95. The van der Waals surface area contributed by atoms with Gasteiger partial charge in [0.15, 0.2) is 22.0 Å². The van der Waals surface area contributed by atoms with Crippen LogP contribution in [0.5, 0.6) is 0 Å². The van der Waals surface area contributed by atoms with E-state index in [9.17, 15) is 43.5 Å². The van der Waals surface area contributed by atoms with Crippen LogP contribution in [0.2, 0.25) is 0 Å². The highest BCUT2D eigenvalue weighted by atomic mass is 79.9. The molecule has 0 saturated carbocycles. The molecule has 1 aliphatic rings. The Bertz CT molecular complexity index is 1460. The topological polar surface area (TPSA) is 304 Å². The molecule has 0 aliphatic carbocycles. The van der Waals surface area contributed by atoms with Crippen molar-refractivity contribution < 1.29 is 76.5 Å². The Morgan fingerprint density at radius 2 is 1.07 bits per heavy atom. The van der Waals surface area contributed by atoms with Gasteiger partial charge in [-0.3, -0.25) is 38.4 Å². The fourth-order valence-electron chi connectivity index (χ4n) is 5.23. The molecule has 1 heterocycles. The molecule has 21 nitrogen and oxygen atoms in total. The molecule has 1 rings (SSSR count). The molecule has 1 saturated heterocycles.